The number of rotatable bonds is 6. The van der Waals surface area contributed by atoms with Crippen LogP contribution in [0.5, 0.6) is 0 Å². The number of nitrogens with one attached hydrogen (secondary N) is 1. The van der Waals surface area contributed by atoms with Crippen molar-refractivity contribution in [2.75, 3.05) is 10.2 Å². The van der Waals surface area contributed by atoms with Crippen LogP contribution in [0.15, 0.2) is 101 Å². The normalized spacial score (nSPS) is 19.1. The maximum atomic E-state index is 13.9. The second kappa shape index (κ2) is 10.8. The highest BCUT2D eigenvalue weighted by Gasteiger charge is 2.57. The van der Waals surface area contributed by atoms with Crippen LogP contribution in [0.2, 0.25) is 0 Å². The molecule has 3 amide bonds. The van der Waals surface area contributed by atoms with Gasteiger partial charge in [0.25, 0.3) is 5.69 Å². The summed E-state index contributed by atoms with van der Waals surface area (Å²) in [6.45, 7) is -0.282. The van der Waals surface area contributed by atoms with Gasteiger partial charge in [-0.15, -0.1) is 0 Å². The van der Waals surface area contributed by atoms with Gasteiger partial charge in [-0.05, 0) is 46.7 Å². The molecule has 2 aliphatic rings. The molecule has 2 aromatic heterocycles. The number of carbonyl (C=O) groups excluding carboxylic acids is 3. The van der Waals surface area contributed by atoms with Crippen LogP contribution in [-0.4, -0.2) is 37.4 Å². The van der Waals surface area contributed by atoms with Crippen molar-refractivity contribution in [1.29, 1.82) is 0 Å². The Balaban J connectivity index is 1.24. The second-order valence-electron chi connectivity index (χ2n) is 10.3. The van der Waals surface area contributed by atoms with Crippen LogP contribution in [0.1, 0.15) is 16.4 Å². The number of carbonyl (C=O) groups is 3. The molecule has 1 saturated heterocycles. The Morgan fingerprint density at radius 2 is 1.73 bits per heavy atom. The van der Waals surface area contributed by atoms with Crippen molar-refractivity contribution in [2.24, 2.45) is 5.92 Å². The van der Waals surface area contributed by atoms with Gasteiger partial charge < -0.3 is 5.32 Å². The number of pyridine rings is 1. The van der Waals surface area contributed by atoms with E-state index >= 15 is 0 Å². The highest BCUT2D eigenvalue weighted by Crippen LogP contribution is 2.53. The number of benzene rings is 3. The highest BCUT2D eigenvalue weighted by molar-refractivity contribution is 8.00. The first-order chi connectivity index (χ1) is 21.3. The van der Waals surface area contributed by atoms with Crippen LogP contribution in [-0.2, 0) is 20.9 Å². The Bertz CT molecular complexity index is 2040. The average molecular weight is 624 g/mol. The van der Waals surface area contributed by atoms with Gasteiger partial charge in [-0.2, -0.15) is 0 Å². The zero-order valence-electron chi connectivity index (χ0n) is 22.7. The van der Waals surface area contributed by atoms with Gasteiger partial charge >= 0.3 is 4.87 Å². The molecule has 0 saturated carbocycles. The number of thiazole rings is 1. The molecular weight excluding hydrogens is 603 g/mol. The van der Waals surface area contributed by atoms with Gasteiger partial charge in [0.15, 0.2) is 0 Å². The van der Waals surface area contributed by atoms with E-state index in [1.807, 2.05) is 36.4 Å². The average Bonchev–Trinajstić information content (AvgIpc) is 3.47. The van der Waals surface area contributed by atoms with Crippen molar-refractivity contribution < 1.29 is 19.3 Å². The standard InChI is InChI=1S/C31H21N5O6S2/c37-23(33-20-8-7-17-4-1-2-5-18(17)14-20)16-34-30-27(44-31(34)40)24(19-6-3-13-32-15-19)25-26(43-30)29(39)35(28(25)38)21-9-11-22(12-10-21)36(41)42/h1-15,24-26H,16H2,(H,33,37). The fourth-order valence-corrected chi connectivity index (χ4v) is 8.54. The number of fused-ring (bicyclic) bond motifs is 3. The third kappa shape index (κ3) is 4.66. The second-order valence-corrected chi connectivity index (χ2v) is 12.5. The van der Waals surface area contributed by atoms with Gasteiger partial charge in [0.05, 0.1) is 21.6 Å². The number of imide groups is 1. The monoisotopic (exact) mass is 623 g/mol. The number of nitrogens with zero attached hydrogens (tertiary/aromatic N) is 4. The number of amides is 3. The van der Waals surface area contributed by atoms with E-state index in [1.165, 1.54) is 28.8 Å². The first-order valence-electron chi connectivity index (χ1n) is 13.5. The fraction of sp³-hybridized carbons (Fsp3) is 0.129. The number of thioether (sulfide) groups is 1. The predicted octanol–water partition coefficient (Wildman–Crippen LogP) is 4.80. The smallest absolute Gasteiger partial charge is 0.308 e. The lowest BCUT2D eigenvalue weighted by Gasteiger charge is -2.30. The minimum absolute atomic E-state index is 0.166. The lowest BCUT2D eigenvalue weighted by atomic mass is 9.84. The molecule has 2 aliphatic heterocycles. The number of nitro groups is 1. The Kier molecular flexibility index (Phi) is 6.82. The Morgan fingerprint density at radius 3 is 2.45 bits per heavy atom. The molecule has 0 bridgehead atoms. The SMILES string of the molecule is O=C(Cn1c2c(sc1=O)C(c1cccnc1)C1C(=O)N(c3ccc([N+](=O)[O-])cc3)C(=O)C1S2)Nc1ccc2ccccc2c1. The summed E-state index contributed by atoms with van der Waals surface area (Å²) in [6, 6.07) is 22.0. The van der Waals surface area contributed by atoms with Crippen molar-refractivity contribution in [2.45, 2.75) is 22.7 Å². The van der Waals surface area contributed by atoms with Crippen molar-refractivity contribution in [3.05, 3.63) is 121 Å². The number of nitro benzene ring substituents is 1. The van der Waals surface area contributed by atoms with E-state index in [-0.39, 0.29) is 22.8 Å². The molecule has 218 valence electrons. The lowest BCUT2D eigenvalue weighted by Crippen LogP contribution is -2.33. The molecule has 3 aromatic carbocycles. The number of anilines is 2. The van der Waals surface area contributed by atoms with Crippen LogP contribution >= 0.6 is 23.1 Å². The Hall–Kier alpha value is -5.14. The summed E-state index contributed by atoms with van der Waals surface area (Å²) in [7, 11) is 0. The third-order valence-electron chi connectivity index (χ3n) is 7.75. The summed E-state index contributed by atoms with van der Waals surface area (Å²) >= 11 is 2.04. The molecule has 0 spiro atoms. The summed E-state index contributed by atoms with van der Waals surface area (Å²) in [6.07, 6.45) is 3.20. The largest absolute Gasteiger partial charge is 0.325 e. The topological polar surface area (TPSA) is 145 Å². The maximum Gasteiger partial charge on any atom is 0.308 e. The zero-order valence-corrected chi connectivity index (χ0v) is 24.3. The summed E-state index contributed by atoms with van der Waals surface area (Å²) in [5.74, 6) is -2.89. The molecule has 5 aromatic rings. The minimum atomic E-state index is -0.890. The van der Waals surface area contributed by atoms with Crippen LogP contribution < -0.4 is 15.1 Å². The maximum absolute atomic E-state index is 13.9. The Labute approximate surface area is 257 Å². The van der Waals surface area contributed by atoms with Crippen LogP contribution in [0.3, 0.4) is 0 Å². The van der Waals surface area contributed by atoms with E-state index in [2.05, 4.69) is 10.3 Å². The molecule has 11 nitrogen and oxygen atoms in total. The van der Waals surface area contributed by atoms with Crippen LogP contribution in [0.4, 0.5) is 17.1 Å². The quantitative estimate of drug-likeness (QED) is 0.161. The summed E-state index contributed by atoms with van der Waals surface area (Å²) in [5.41, 5.74) is 1.30. The van der Waals surface area contributed by atoms with E-state index < -0.39 is 39.7 Å². The van der Waals surface area contributed by atoms with E-state index in [0.29, 0.717) is 21.2 Å². The van der Waals surface area contributed by atoms with Gasteiger partial charge in [0, 0.05) is 41.0 Å². The molecule has 4 heterocycles. The first kappa shape index (κ1) is 27.7. The molecule has 1 N–H and O–H groups in total. The zero-order chi connectivity index (χ0) is 30.5. The molecule has 1 fully saturated rings. The van der Waals surface area contributed by atoms with Gasteiger partial charge in [-0.1, -0.05) is 59.5 Å². The number of hydrogen-bond donors (Lipinski definition) is 1. The van der Waals surface area contributed by atoms with Gasteiger partial charge in [-0.3, -0.25) is 38.8 Å². The highest BCUT2D eigenvalue weighted by atomic mass is 32.2. The molecule has 0 radical (unpaired) electrons. The van der Waals surface area contributed by atoms with Crippen LogP contribution in [0.25, 0.3) is 10.8 Å². The number of aromatic nitrogens is 2. The van der Waals surface area contributed by atoms with Gasteiger partial charge in [0.2, 0.25) is 17.7 Å². The first-order valence-corrected chi connectivity index (χ1v) is 15.2. The van der Waals surface area contributed by atoms with Crippen molar-refractivity contribution >= 4 is 68.7 Å². The summed E-state index contributed by atoms with van der Waals surface area (Å²) < 4.78 is 1.35. The minimum Gasteiger partial charge on any atom is -0.325 e. The van der Waals surface area contributed by atoms with Crippen molar-refractivity contribution in [1.82, 2.24) is 9.55 Å². The van der Waals surface area contributed by atoms with Crippen molar-refractivity contribution in [3.8, 4) is 0 Å². The van der Waals surface area contributed by atoms with Crippen LogP contribution in [0, 0.1) is 16.0 Å². The lowest BCUT2D eigenvalue weighted by molar-refractivity contribution is -0.384. The molecule has 0 aliphatic carbocycles. The van der Waals surface area contributed by atoms with E-state index in [4.69, 9.17) is 0 Å². The molecule has 3 unspecified atom stereocenters. The Morgan fingerprint density at radius 1 is 0.955 bits per heavy atom. The fourth-order valence-electron chi connectivity index (χ4n) is 5.76. The van der Waals surface area contributed by atoms with E-state index in [1.54, 1.807) is 30.6 Å². The van der Waals surface area contributed by atoms with Gasteiger partial charge in [0.1, 0.15) is 11.8 Å². The van der Waals surface area contributed by atoms with E-state index in [0.717, 1.165) is 38.8 Å². The number of hydrogen-bond acceptors (Lipinski definition) is 9. The summed E-state index contributed by atoms with van der Waals surface area (Å²) in [4.78, 5) is 70.3. The third-order valence-corrected chi connectivity index (χ3v) is 10.4. The molecule has 3 atom stereocenters. The molecule has 13 heteroatoms. The molecular formula is C31H21N5O6S2. The molecule has 7 rings (SSSR count). The summed E-state index contributed by atoms with van der Waals surface area (Å²) in [5, 5.41) is 15.6. The predicted molar refractivity (Wildman–Crippen MR) is 166 cm³/mol. The van der Waals surface area contributed by atoms with Gasteiger partial charge in [-0.25, -0.2) is 4.90 Å². The number of non-ortho nitro benzene ring substituents is 1. The molecule has 44 heavy (non-hydrogen) atoms. The van der Waals surface area contributed by atoms with E-state index in [9.17, 15) is 29.3 Å². The van der Waals surface area contributed by atoms with Crippen molar-refractivity contribution in [3.63, 3.8) is 0 Å².